The number of halogens is 3. The van der Waals surface area contributed by atoms with Gasteiger partial charge >= 0.3 is 18.2 Å². The molecule has 11 heteroatoms. The van der Waals surface area contributed by atoms with E-state index in [1.165, 1.54) is 0 Å². The molecule has 0 saturated heterocycles. The van der Waals surface area contributed by atoms with Gasteiger partial charge in [0, 0.05) is 19.6 Å². The molecule has 0 bridgehead atoms. The average Bonchev–Trinajstić information content (AvgIpc) is 2.53. The quantitative estimate of drug-likeness (QED) is 0.591. The van der Waals surface area contributed by atoms with Gasteiger partial charge in [-0.3, -0.25) is 9.69 Å². The van der Waals surface area contributed by atoms with E-state index in [0.717, 1.165) is 10.5 Å². The van der Waals surface area contributed by atoms with Crippen LogP contribution in [0.25, 0.3) is 0 Å². The number of nitrogens with two attached hydrogens (primary N) is 1. The van der Waals surface area contributed by atoms with E-state index in [1.54, 1.807) is 0 Å². The summed E-state index contributed by atoms with van der Waals surface area (Å²) in [5, 5.41) is 18.7. The number of carboxylic acids is 1. The van der Waals surface area contributed by atoms with Crippen LogP contribution < -0.4 is 11.1 Å². The van der Waals surface area contributed by atoms with Gasteiger partial charge < -0.3 is 21.3 Å². The van der Waals surface area contributed by atoms with Crippen LogP contribution in [0.2, 0.25) is 0 Å². The molecule has 8 nitrogen and oxygen atoms in total. The number of hydrogen-bond acceptors (Lipinski definition) is 4. The fraction of sp³-hybridized carbons (Fsp3) is 0.357. The molecule has 0 saturated carbocycles. The molecule has 0 heterocycles. The highest BCUT2D eigenvalue weighted by molar-refractivity contribution is 5.81. The third-order valence-electron chi connectivity index (χ3n) is 2.53. The van der Waals surface area contributed by atoms with E-state index in [-0.39, 0.29) is 19.0 Å². The lowest BCUT2D eigenvalue weighted by atomic mass is 10.2. The second kappa shape index (κ2) is 10.9. The van der Waals surface area contributed by atoms with Crippen molar-refractivity contribution in [2.45, 2.75) is 12.7 Å². The van der Waals surface area contributed by atoms with E-state index >= 15 is 0 Å². The number of benzene rings is 1. The van der Waals surface area contributed by atoms with Gasteiger partial charge in [-0.1, -0.05) is 30.3 Å². The molecule has 0 fully saturated rings. The summed E-state index contributed by atoms with van der Waals surface area (Å²) in [4.78, 5) is 32.4. The van der Waals surface area contributed by atoms with Gasteiger partial charge in [0.1, 0.15) is 6.54 Å². The van der Waals surface area contributed by atoms with Gasteiger partial charge in [-0.2, -0.15) is 13.2 Å². The van der Waals surface area contributed by atoms with Crippen LogP contribution in [-0.4, -0.2) is 58.9 Å². The van der Waals surface area contributed by atoms with E-state index < -0.39 is 18.2 Å². The number of rotatable bonds is 6. The zero-order valence-corrected chi connectivity index (χ0v) is 13.0. The maximum absolute atomic E-state index is 11.4. The zero-order valence-electron chi connectivity index (χ0n) is 13.0. The Balaban J connectivity index is 0.000000697. The van der Waals surface area contributed by atoms with Crippen LogP contribution in [0.1, 0.15) is 5.56 Å². The van der Waals surface area contributed by atoms with Gasteiger partial charge in [0.15, 0.2) is 0 Å². The van der Waals surface area contributed by atoms with Crippen LogP contribution in [0.15, 0.2) is 30.3 Å². The average molecular weight is 365 g/mol. The molecule has 0 atom stereocenters. The molecule has 1 rings (SSSR count). The number of nitrogens with zero attached hydrogens (tertiary/aromatic N) is 1. The zero-order chi connectivity index (χ0) is 19.5. The Morgan fingerprint density at radius 3 is 2.04 bits per heavy atom. The summed E-state index contributed by atoms with van der Waals surface area (Å²) < 4.78 is 31.7. The Hall–Kier alpha value is -2.82. The molecule has 0 radical (unpaired) electrons. The predicted octanol–water partition coefficient (Wildman–Crippen LogP) is 0.875. The number of amides is 2. The van der Waals surface area contributed by atoms with Crippen molar-refractivity contribution >= 4 is 18.0 Å². The summed E-state index contributed by atoms with van der Waals surface area (Å²) in [6.07, 6.45) is -6.21. The van der Waals surface area contributed by atoms with Crippen molar-refractivity contribution in [3.8, 4) is 0 Å². The van der Waals surface area contributed by atoms with Crippen LogP contribution in [0.4, 0.5) is 18.0 Å². The summed E-state index contributed by atoms with van der Waals surface area (Å²) in [6, 6.07) is 9.12. The minimum atomic E-state index is -5.08. The van der Waals surface area contributed by atoms with Crippen molar-refractivity contribution in [1.29, 1.82) is 0 Å². The Kier molecular flexibility index (Phi) is 9.64. The van der Waals surface area contributed by atoms with E-state index in [2.05, 4.69) is 5.32 Å². The highest BCUT2D eigenvalue weighted by Crippen LogP contribution is 2.13. The van der Waals surface area contributed by atoms with Crippen molar-refractivity contribution < 1.29 is 37.8 Å². The van der Waals surface area contributed by atoms with E-state index in [0.29, 0.717) is 13.1 Å². The number of carboxylic acid groups (broad SMARTS) is 2. The first kappa shape index (κ1) is 22.2. The van der Waals surface area contributed by atoms with Gasteiger partial charge in [0.2, 0.25) is 5.91 Å². The summed E-state index contributed by atoms with van der Waals surface area (Å²) in [5.41, 5.74) is 6.09. The first-order valence-electron chi connectivity index (χ1n) is 6.86. The number of carbonyl (C=O) groups excluding carboxylic acids is 1. The molecule has 0 unspecified atom stereocenters. The van der Waals surface area contributed by atoms with Gasteiger partial charge in [-0.05, 0) is 5.56 Å². The van der Waals surface area contributed by atoms with Crippen molar-refractivity contribution in [2.24, 2.45) is 5.73 Å². The van der Waals surface area contributed by atoms with Crippen LogP contribution in [0.5, 0.6) is 0 Å². The molecule has 0 aromatic heterocycles. The Bertz CT molecular complexity index is 567. The van der Waals surface area contributed by atoms with E-state index in [1.807, 2.05) is 30.3 Å². The van der Waals surface area contributed by atoms with Crippen molar-refractivity contribution in [3.05, 3.63) is 35.9 Å². The lowest BCUT2D eigenvalue weighted by molar-refractivity contribution is -0.192. The Labute approximate surface area is 141 Å². The summed E-state index contributed by atoms with van der Waals surface area (Å²) in [5.74, 6) is -3.11. The topological polar surface area (TPSA) is 133 Å². The van der Waals surface area contributed by atoms with Gasteiger partial charge in [-0.15, -0.1) is 0 Å². The lowest BCUT2D eigenvalue weighted by Gasteiger charge is -2.18. The summed E-state index contributed by atoms with van der Waals surface area (Å²) >= 11 is 0. The Morgan fingerprint density at radius 1 is 1.12 bits per heavy atom. The predicted molar refractivity (Wildman–Crippen MR) is 80.6 cm³/mol. The minimum absolute atomic E-state index is 0.187. The van der Waals surface area contributed by atoms with E-state index in [9.17, 15) is 22.8 Å². The van der Waals surface area contributed by atoms with Crippen molar-refractivity contribution in [2.75, 3.05) is 19.6 Å². The summed E-state index contributed by atoms with van der Waals surface area (Å²) in [6.45, 7) is 0.672. The molecule has 0 aliphatic heterocycles. The number of hydrogen-bond donors (Lipinski definition) is 4. The van der Waals surface area contributed by atoms with Crippen LogP contribution >= 0.6 is 0 Å². The third-order valence-corrected chi connectivity index (χ3v) is 2.53. The molecule has 0 spiro atoms. The molecule has 1 aromatic carbocycles. The monoisotopic (exact) mass is 365 g/mol. The first-order valence-corrected chi connectivity index (χ1v) is 6.86. The fourth-order valence-electron chi connectivity index (χ4n) is 1.44. The largest absolute Gasteiger partial charge is 0.490 e. The SMILES string of the molecule is NCCNC(=O)CN(Cc1ccccc1)C(=O)O.O=C(O)C(F)(F)F. The highest BCUT2D eigenvalue weighted by atomic mass is 19.4. The molecule has 1 aromatic rings. The highest BCUT2D eigenvalue weighted by Gasteiger charge is 2.38. The van der Waals surface area contributed by atoms with Crippen LogP contribution in [0, 0.1) is 0 Å². The van der Waals surface area contributed by atoms with Crippen LogP contribution in [-0.2, 0) is 16.1 Å². The molecule has 5 N–H and O–H groups in total. The fourth-order valence-corrected chi connectivity index (χ4v) is 1.44. The molecule has 2 amide bonds. The molecular formula is C14H18F3N3O5. The number of nitrogens with one attached hydrogen (secondary N) is 1. The van der Waals surface area contributed by atoms with E-state index in [4.69, 9.17) is 20.7 Å². The second-order valence-electron chi connectivity index (χ2n) is 4.57. The van der Waals surface area contributed by atoms with Crippen LogP contribution in [0.3, 0.4) is 0 Å². The lowest BCUT2D eigenvalue weighted by Crippen LogP contribution is -2.41. The number of carbonyl (C=O) groups is 3. The van der Waals surface area contributed by atoms with Gasteiger partial charge in [-0.25, -0.2) is 9.59 Å². The van der Waals surface area contributed by atoms with Crippen molar-refractivity contribution in [1.82, 2.24) is 10.2 Å². The summed E-state index contributed by atoms with van der Waals surface area (Å²) in [7, 11) is 0. The van der Waals surface area contributed by atoms with Gasteiger partial charge in [0.05, 0.1) is 0 Å². The molecule has 0 aliphatic rings. The maximum Gasteiger partial charge on any atom is 0.490 e. The second-order valence-corrected chi connectivity index (χ2v) is 4.57. The molecule has 0 aliphatic carbocycles. The third kappa shape index (κ3) is 10.5. The number of aliphatic carboxylic acids is 1. The van der Waals surface area contributed by atoms with Crippen molar-refractivity contribution in [3.63, 3.8) is 0 Å². The standard InChI is InChI=1S/C12H17N3O3.C2HF3O2/c13-6-7-14-11(16)9-15(12(17)18)8-10-4-2-1-3-5-10;3-2(4,5)1(6)7/h1-5H,6-9,13H2,(H,14,16)(H,17,18);(H,6,7). The number of alkyl halides is 3. The molecular weight excluding hydrogens is 347 g/mol. The maximum atomic E-state index is 11.4. The van der Waals surface area contributed by atoms with Gasteiger partial charge in [0.25, 0.3) is 0 Å². The molecule has 25 heavy (non-hydrogen) atoms. The smallest absolute Gasteiger partial charge is 0.475 e. The minimum Gasteiger partial charge on any atom is -0.475 e. The molecule has 140 valence electrons. The Morgan fingerprint density at radius 2 is 1.64 bits per heavy atom. The first-order chi connectivity index (χ1) is 11.6. The normalized spacial score (nSPS) is 10.2.